The summed E-state index contributed by atoms with van der Waals surface area (Å²) in [5, 5.41) is 5.65. The van der Waals surface area contributed by atoms with Crippen LogP contribution in [0.5, 0.6) is 11.5 Å². The number of carbonyl (C=O) groups is 2. The molecule has 9 heteroatoms. The first-order chi connectivity index (χ1) is 16.5. The third-order valence-electron chi connectivity index (χ3n) is 5.70. The Morgan fingerprint density at radius 1 is 1.20 bits per heavy atom. The van der Waals surface area contributed by atoms with Crippen molar-refractivity contribution in [1.29, 1.82) is 0 Å². The number of nitrogens with one attached hydrogen (secondary N) is 1. The van der Waals surface area contributed by atoms with E-state index < -0.39 is 17.6 Å². The van der Waals surface area contributed by atoms with Gasteiger partial charge < -0.3 is 24.4 Å². The lowest BCUT2D eigenvalue weighted by Crippen LogP contribution is -2.40. The smallest absolute Gasteiger partial charge is 0.338 e. The number of amides is 1. The lowest BCUT2D eigenvalue weighted by molar-refractivity contribution is -0.150. The Balaban J connectivity index is 2.08. The number of amidine groups is 1. The fraction of sp³-hybridized carbons (Fsp3) is 0.500. The molecule has 0 radical (unpaired) electrons. The van der Waals surface area contributed by atoms with Gasteiger partial charge in [-0.15, -0.1) is 0 Å². The summed E-state index contributed by atoms with van der Waals surface area (Å²) in [6, 6.07) is 5.09. The number of aliphatic imine (C=N–C) groups is 1. The topological polar surface area (TPSA) is 89.5 Å². The Morgan fingerprint density at radius 3 is 2.49 bits per heavy atom. The highest BCUT2D eigenvalue weighted by Crippen LogP contribution is 2.46. The highest BCUT2D eigenvalue weighted by Gasteiger charge is 2.42. The number of methoxy groups -OCH3 is 2. The Labute approximate surface area is 211 Å². The number of fused-ring (bicyclic) bond motifs is 1. The predicted molar refractivity (Wildman–Crippen MR) is 138 cm³/mol. The van der Waals surface area contributed by atoms with E-state index in [9.17, 15) is 9.59 Å². The van der Waals surface area contributed by atoms with Crippen LogP contribution in [0.3, 0.4) is 0 Å². The van der Waals surface area contributed by atoms with Gasteiger partial charge in [0, 0.05) is 11.7 Å². The minimum Gasteiger partial charge on any atom is -0.493 e. The van der Waals surface area contributed by atoms with Crippen LogP contribution in [-0.4, -0.2) is 47.8 Å². The van der Waals surface area contributed by atoms with Crippen molar-refractivity contribution in [1.82, 2.24) is 10.2 Å². The normalized spacial score (nSPS) is 18.4. The zero-order chi connectivity index (χ0) is 25.9. The van der Waals surface area contributed by atoms with Gasteiger partial charge in [0.15, 0.2) is 16.7 Å². The molecule has 0 saturated carbocycles. The van der Waals surface area contributed by atoms with E-state index >= 15 is 0 Å². The summed E-state index contributed by atoms with van der Waals surface area (Å²) >= 11 is 1.44. The molecule has 0 aromatic heterocycles. The van der Waals surface area contributed by atoms with Crippen molar-refractivity contribution in [2.45, 2.75) is 72.1 Å². The van der Waals surface area contributed by atoms with Crippen LogP contribution in [0.4, 0.5) is 0 Å². The summed E-state index contributed by atoms with van der Waals surface area (Å²) < 4.78 is 16.7. The number of nitrogens with zero attached hydrogens (tertiary/aromatic N) is 2. The van der Waals surface area contributed by atoms with E-state index in [0.29, 0.717) is 27.9 Å². The van der Waals surface area contributed by atoms with Crippen LogP contribution >= 0.6 is 11.8 Å². The molecule has 2 aliphatic heterocycles. The molecule has 0 saturated heterocycles. The molecular formula is C26H35N3O5S. The summed E-state index contributed by atoms with van der Waals surface area (Å²) in [7, 11) is 3.15. The quantitative estimate of drug-likeness (QED) is 0.506. The minimum absolute atomic E-state index is 0.0766. The number of ether oxygens (including phenoxy) is 3. The number of allylic oxidation sites excluding steroid dienone is 1. The SMILES string of the molecule is CC[C@@H](C)NC(=O)CC1=CSC2=NC(C)=C(C(=O)OC(C)(C)C)[C@H](c3ccc(OC)c(OC)c3)N12. The lowest BCUT2D eigenvalue weighted by Gasteiger charge is -2.37. The molecule has 8 nitrogen and oxygen atoms in total. The highest BCUT2D eigenvalue weighted by molar-refractivity contribution is 8.16. The molecule has 1 aromatic rings. The second kappa shape index (κ2) is 10.8. The van der Waals surface area contributed by atoms with Crippen molar-refractivity contribution in [3.63, 3.8) is 0 Å². The average molecular weight is 502 g/mol. The van der Waals surface area contributed by atoms with E-state index in [-0.39, 0.29) is 18.4 Å². The Bertz CT molecular complexity index is 1090. The molecular weight excluding hydrogens is 466 g/mol. The van der Waals surface area contributed by atoms with Gasteiger partial charge in [0.1, 0.15) is 5.60 Å². The van der Waals surface area contributed by atoms with Gasteiger partial charge in [-0.05, 0) is 64.1 Å². The number of benzene rings is 1. The fourth-order valence-corrected chi connectivity index (χ4v) is 4.86. The standard InChI is InChI=1S/C26H35N3O5S/c1-9-15(2)27-21(30)13-18-14-35-25-28-16(3)22(24(31)34-26(4,5)6)23(29(18)25)17-10-11-19(32-7)20(12-17)33-8/h10-12,14-15,23H,9,13H2,1-8H3,(H,27,30)/t15-,23+/m1/s1. The zero-order valence-electron chi connectivity index (χ0n) is 21.7. The van der Waals surface area contributed by atoms with Crippen LogP contribution in [0.15, 0.2) is 45.6 Å². The minimum atomic E-state index is -0.675. The zero-order valence-corrected chi connectivity index (χ0v) is 22.5. The van der Waals surface area contributed by atoms with Crippen LogP contribution in [0.2, 0.25) is 0 Å². The maximum Gasteiger partial charge on any atom is 0.338 e. The summed E-state index contributed by atoms with van der Waals surface area (Å²) in [4.78, 5) is 32.9. The Kier molecular flexibility index (Phi) is 8.20. The molecule has 1 amide bonds. The van der Waals surface area contributed by atoms with Gasteiger partial charge in [0.25, 0.3) is 0 Å². The van der Waals surface area contributed by atoms with E-state index in [0.717, 1.165) is 17.7 Å². The first-order valence-corrected chi connectivity index (χ1v) is 12.6. The molecule has 1 N–H and O–H groups in total. The molecule has 35 heavy (non-hydrogen) atoms. The molecule has 190 valence electrons. The Hall–Kier alpha value is -2.94. The second-order valence-corrected chi connectivity index (χ2v) is 10.4. The number of hydrogen-bond acceptors (Lipinski definition) is 8. The van der Waals surface area contributed by atoms with E-state index in [1.807, 2.05) is 70.0 Å². The number of carbonyl (C=O) groups excluding carboxylic acids is 2. The third-order valence-corrected chi connectivity index (χ3v) is 6.59. The van der Waals surface area contributed by atoms with Crippen molar-refractivity contribution in [3.8, 4) is 11.5 Å². The molecule has 3 rings (SSSR count). The van der Waals surface area contributed by atoms with Crippen molar-refractivity contribution < 1.29 is 23.8 Å². The third kappa shape index (κ3) is 6.01. The van der Waals surface area contributed by atoms with E-state index in [4.69, 9.17) is 19.2 Å². The van der Waals surface area contributed by atoms with Gasteiger partial charge in [-0.1, -0.05) is 24.8 Å². The van der Waals surface area contributed by atoms with Gasteiger partial charge in [0.05, 0.1) is 38.0 Å². The second-order valence-electron chi connectivity index (χ2n) is 9.56. The Morgan fingerprint density at radius 2 is 1.89 bits per heavy atom. The molecule has 0 bridgehead atoms. The number of thioether (sulfide) groups is 1. The maximum absolute atomic E-state index is 13.4. The van der Waals surface area contributed by atoms with Gasteiger partial charge in [-0.25, -0.2) is 9.79 Å². The average Bonchev–Trinajstić information content (AvgIpc) is 3.17. The van der Waals surface area contributed by atoms with Crippen LogP contribution in [0, 0.1) is 0 Å². The number of rotatable bonds is 8. The van der Waals surface area contributed by atoms with E-state index in [1.165, 1.54) is 11.8 Å². The molecule has 0 fully saturated rings. The largest absolute Gasteiger partial charge is 0.493 e. The summed E-state index contributed by atoms with van der Waals surface area (Å²) in [5.41, 5.74) is 1.89. The van der Waals surface area contributed by atoms with Crippen molar-refractivity contribution in [3.05, 3.63) is 46.1 Å². The highest BCUT2D eigenvalue weighted by atomic mass is 32.2. The van der Waals surface area contributed by atoms with Gasteiger partial charge in [-0.3, -0.25) is 4.79 Å². The van der Waals surface area contributed by atoms with Crippen LogP contribution < -0.4 is 14.8 Å². The van der Waals surface area contributed by atoms with Crippen LogP contribution in [-0.2, 0) is 14.3 Å². The molecule has 0 spiro atoms. The maximum atomic E-state index is 13.4. The van der Waals surface area contributed by atoms with Gasteiger partial charge in [0.2, 0.25) is 5.91 Å². The lowest BCUT2D eigenvalue weighted by atomic mass is 9.93. The monoisotopic (exact) mass is 501 g/mol. The van der Waals surface area contributed by atoms with E-state index in [2.05, 4.69) is 5.32 Å². The van der Waals surface area contributed by atoms with Crippen molar-refractivity contribution in [2.75, 3.05) is 14.2 Å². The summed E-state index contributed by atoms with van der Waals surface area (Å²) in [6.45, 7) is 11.3. The van der Waals surface area contributed by atoms with Gasteiger partial charge in [-0.2, -0.15) is 0 Å². The molecule has 0 unspecified atom stereocenters. The van der Waals surface area contributed by atoms with Gasteiger partial charge >= 0.3 is 5.97 Å². The number of hydrogen-bond donors (Lipinski definition) is 1. The van der Waals surface area contributed by atoms with Crippen LogP contribution in [0.1, 0.15) is 66.0 Å². The van der Waals surface area contributed by atoms with E-state index in [1.54, 1.807) is 14.2 Å². The molecule has 2 atom stereocenters. The molecule has 2 heterocycles. The molecule has 0 aliphatic carbocycles. The first-order valence-electron chi connectivity index (χ1n) is 11.7. The van der Waals surface area contributed by atoms with Crippen molar-refractivity contribution >= 4 is 28.8 Å². The molecule has 2 aliphatic rings. The predicted octanol–water partition coefficient (Wildman–Crippen LogP) is 4.93. The van der Waals surface area contributed by atoms with Crippen molar-refractivity contribution in [2.24, 2.45) is 4.99 Å². The first kappa shape index (κ1) is 26.7. The summed E-state index contributed by atoms with van der Waals surface area (Å²) in [5.74, 6) is 0.601. The van der Waals surface area contributed by atoms with Crippen LogP contribution in [0.25, 0.3) is 0 Å². The fourth-order valence-electron chi connectivity index (χ4n) is 3.89. The summed E-state index contributed by atoms with van der Waals surface area (Å²) in [6.07, 6.45) is 1.01. The molecule has 1 aromatic carbocycles. The number of esters is 1.